The number of hydrogen-bond donors (Lipinski definition) is 1. The Morgan fingerprint density at radius 1 is 1.42 bits per heavy atom. The van der Waals surface area contributed by atoms with Gasteiger partial charge in [0.15, 0.2) is 0 Å². The molecule has 0 saturated heterocycles. The lowest BCUT2D eigenvalue weighted by molar-refractivity contribution is 0.0975. The molecule has 0 aromatic heterocycles. The van der Waals surface area contributed by atoms with Crippen molar-refractivity contribution in [2.75, 3.05) is 33.4 Å². The maximum Gasteiger partial charge on any atom is 0.0615 e. The highest BCUT2D eigenvalue weighted by Gasteiger charge is 2.23. The quantitative estimate of drug-likeness (QED) is 0.851. The van der Waals surface area contributed by atoms with Crippen LogP contribution in [0.4, 0.5) is 0 Å². The smallest absolute Gasteiger partial charge is 0.0615 e. The van der Waals surface area contributed by atoms with Crippen LogP contribution >= 0.6 is 0 Å². The van der Waals surface area contributed by atoms with E-state index < -0.39 is 0 Å². The van der Waals surface area contributed by atoms with Crippen molar-refractivity contribution >= 4 is 0 Å². The van der Waals surface area contributed by atoms with Crippen LogP contribution in [0.15, 0.2) is 24.3 Å². The summed E-state index contributed by atoms with van der Waals surface area (Å²) in [6, 6.07) is 9.29. The fraction of sp³-hybridized carbons (Fsp3) is 0.625. The third-order valence-corrected chi connectivity index (χ3v) is 4.09. The maximum atomic E-state index is 5.29. The Kier molecular flexibility index (Phi) is 5.37. The number of nitrogens with zero attached hydrogens (tertiary/aromatic N) is 1. The summed E-state index contributed by atoms with van der Waals surface area (Å²) in [6.45, 7) is 9.53. The fourth-order valence-corrected chi connectivity index (χ4v) is 3.00. The van der Waals surface area contributed by atoms with Crippen LogP contribution in [0.25, 0.3) is 0 Å². The van der Waals surface area contributed by atoms with E-state index in [1.54, 1.807) is 7.11 Å². The molecular formula is C16H26N2O. The predicted octanol–water partition coefficient (Wildman–Crippen LogP) is 2.23. The minimum absolute atomic E-state index is 0.476. The lowest BCUT2D eigenvalue weighted by atomic mass is 9.90. The molecule has 2 rings (SSSR count). The molecule has 0 fully saturated rings. The summed E-state index contributed by atoms with van der Waals surface area (Å²) >= 11 is 0. The number of ether oxygens (including phenoxy) is 1. The van der Waals surface area contributed by atoms with Crippen LogP contribution in [0.2, 0.25) is 0 Å². The number of benzene rings is 1. The van der Waals surface area contributed by atoms with Gasteiger partial charge < -0.3 is 10.1 Å². The van der Waals surface area contributed by atoms with E-state index in [2.05, 4.69) is 48.3 Å². The number of hydrogen-bond acceptors (Lipinski definition) is 3. The van der Waals surface area contributed by atoms with Gasteiger partial charge in [0.2, 0.25) is 0 Å². The second-order valence-electron chi connectivity index (χ2n) is 5.42. The second kappa shape index (κ2) is 7.04. The average Bonchev–Trinajstić information content (AvgIpc) is 2.45. The summed E-state index contributed by atoms with van der Waals surface area (Å²) in [6.07, 6.45) is 0. The van der Waals surface area contributed by atoms with E-state index in [4.69, 9.17) is 4.74 Å². The van der Waals surface area contributed by atoms with Crippen LogP contribution in [-0.4, -0.2) is 44.3 Å². The molecule has 106 valence electrons. The first-order valence-electron chi connectivity index (χ1n) is 7.27. The molecule has 0 radical (unpaired) electrons. The zero-order valence-electron chi connectivity index (χ0n) is 12.4. The van der Waals surface area contributed by atoms with Gasteiger partial charge in [-0.3, -0.25) is 4.90 Å². The van der Waals surface area contributed by atoms with Gasteiger partial charge in [-0.15, -0.1) is 0 Å². The first-order valence-corrected chi connectivity index (χ1v) is 7.27. The van der Waals surface area contributed by atoms with Gasteiger partial charge in [-0.05, 0) is 24.6 Å². The molecule has 1 aromatic carbocycles. The minimum Gasteiger partial charge on any atom is -0.383 e. The maximum absolute atomic E-state index is 5.29. The summed E-state index contributed by atoms with van der Waals surface area (Å²) in [5.41, 5.74) is 2.97. The molecule has 2 unspecified atom stereocenters. The summed E-state index contributed by atoms with van der Waals surface area (Å²) in [4.78, 5) is 2.51. The van der Waals surface area contributed by atoms with Gasteiger partial charge in [-0.2, -0.15) is 0 Å². The topological polar surface area (TPSA) is 24.5 Å². The van der Waals surface area contributed by atoms with Crippen LogP contribution in [0.5, 0.6) is 0 Å². The number of methoxy groups -OCH3 is 1. The first kappa shape index (κ1) is 14.5. The van der Waals surface area contributed by atoms with Crippen molar-refractivity contribution in [2.24, 2.45) is 0 Å². The second-order valence-corrected chi connectivity index (χ2v) is 5.42. The van der Waals surface area contributed by atoms with Gasteiger partial charge in [0.25, 0.3) is 0 Å². The molecule has 1 aliphatic rings. The lowest BCUT2D eigenvalue weighted by Gasteiger charge is -2.34. The van der Waals surface area contributed by atoms with Crippen molar-refractivity contribution < 1.29 is 4.74 Å². The van der Waals surface area contributed by atoms with E-state index >= 15 is 0 Å². The van der Waals surface area contributed by atoms with Crippen molar-refractivity contribution in [2.45, 2.75) is 32.4 Å². The molecule has 0 bridgehead atoms. The molecule has 1 N–H and O–H groups in total. The van der Waals surface area contributed by atoms with Crippen molar-refractivity contribution in [3.63, 3.8) is 0 Å². The summed E-state index contributed by atoms with van der Waals surface area (Å²) in [5.74, 6) is 0.587. The Morgan fingerprint density at radius 2 is 2.21 bits per heavy atom. The van der Waals surface area contributed by atoms with Gasteiger partial charge in [-0.25, -0.2) is 0 Å². The van der Waals surface area contributed by atoms with Gasteiger partial charge >= 0.3 is 0 Å². The molecule has 3 heteroatoms. The molecule has 3 nitrogen and oxygen atoms in total. The third kappa shape index (κ3) is 3.56. The molecule has 0 spiro atoms. The zero-order chi connectivity index (χ0) is 13.7. The molecule has 2 atom stereocenters. The van der Waals surface area contributed by atoms with Crippen molar-refractivity contribution in [3.05, 3.63) is 35.4 Å². The van der Waals surface area contributed by atoms with Crippen LogP contribution in [0, 0.1) is 0 Å². The Morgan fingerprint density at radius 3 is 2.95 bits per heavy atom. The Balaban J connectivity index is 2.06. The van der Waals surface area contributed by atoms with Crippen LogP contribution in [-0.2, 0) is 11.3 Å². The Bertz CT molecular complexity index is 394. The Hall–Kier alpha value is -0.900. The number of fused-ring (bicyclic) bond motifs is 1. The fourth-order valence-electron chi connectivity index (χ4n) is 3.00. The molecule has 19 heavy (non-hydrogen) atoms. The molecule has 0 aliphatic carbocycles. The van der Waals surface area contributed by atoms with Gasteiger partial charge in [-0.1, -0.05) is 31.2 Å². The van der Waals surface area contributed by atoms with E-state index in [0.29, 0.717) is 12.0 Å². The van der Waals surface area contributed by atoms with E-state index in [-0.39, 0.29) is 0 Å². The number of nitrogens with one attached hydrogen (secondary N) is 1. The van der Waals surface area contributed by atoms with Crippen LogP contribution in [0.3, 0.4) is 0 Å². The normalized spacial score (nSPS) is 20.3. The van der Waals surface area contributed by atoms with Crippen LogP contribution in [0.1, 0.15) is 30.9 Å². The van der Waals surface area contributed by atoms with E-state index in [1.165, 1.54) is 11.1 Å². The summed E-state index contributed by atoms with van der Waals surface area (Å²) in [5, 5.41) is 3.53. The van der Waals surface area contributed by atoms with Crippen molar-refractivity contribution in [1.82, 2.24) is 10.2 Å². The number of rotatable bonds is 6. The Labute approximate surface area is 116 Å². The summed E-state index contributed by atoms with van der Waals surface area (Å²) in [7, 11) is 1.78. The van der Waals surface area contributed by atoms with Gasteiger partial charge in [0.1, 0.15) is 0 Å². The molecular weight excluding hydrogens is 236 g/mol. The largest absolute Gasteiger partial charge is 0.383 e. The number of likely N-dealkylation sites (N-methyl/N-ethyl adjacent to an activating group) is 1. The molecule has 1 aromatic rings. The highest BCUT2D eigenvalue weighted by atomic mass is 16.5. The van der Waals surface area contributed by atoms with E-state index in [9.17, 15) is 0 Å². The van der Waals surface area contributed by atoms with E-state index in [1.807, 2.05) is 0 Å². The lowest BCUT2D eigenvalue weighted by Crippen LogP contribution is -2.42. The standard InChI is InChI=1S/C16H26N2O/c1-4-18(13(2)12-19-3)11-15-10-17-9-14-7-5-6-8-16(14)15/h5-8,13,15,17H,4,9-12H2,1-3H3. The average molecular weight is 262 g/mol. The predicted molar refractivity (Wildman–Crippen MR) is 79.5 cm³/mol. The van der Waals surface area contributed by atoms with Crippen LogP contribution < -0.4 is 5.32 Å². The molecule has 0 saturated carbocycles. The van der Waals surface area contributed by atoms with Crippen molar-refractivity contribution in [3.8, 4) is 0 Å². The molecule has 1 aliphatic heterocycles. The highest BCUT2D eigenvalue weighted by Crippen LogP contribution is 2.25. The SMILES string of the molecule is CCN(CC1CNCc2ccccc21)C(C)COC. The molecule has 1 heterocycles. The highest BCUT2D eigenvalue weighted by molar-refractivity contribution is 5.32. The van der Waals surface area contributed by atoms with Gasteiger partial charge in [0, 0.05) is 38.7 Å². The summed E-state index contributed by atoms with van der Waals surface area (Å²) < 4.78 is 5.29. The minimum atomic E-state index is 0.476. The van der Waals surface area contributed by atoms with E-state index in [0.717, 1.165) is 32.8 Å². The first-order chi connectivity index (χ1) is 9.26. The molecule has 0 amide bonds. The van der Waals surface area contributed by atoms with Gasteiger partial charge in [0.05, 0.1) is 6.61 Å². The third-order valence-electron chi connectivity index (χ3n) is 4.09. The van der Waals surface area contributed by atoms with Crippen molar-refractivity contribution in [1.29, 1.82) is 0 Å². The zero-order valence-corrected chi connectivity index (χ0v) is 12.4. The monoisotopic (exact) mass is 262 g/mol.